The summed E-state index contributed by atoms with van der Waals surface area (Å²) in [5, 5.41) is 10.8. The molecule has 1 heterocycles. The third-order valence-corrected chi connectivity index (χ3v) is 5.91. The number of methoxy groups -OCH3 is 1. The highest BCUT2D eigenvalue weighted by molar-refractivity contribution is 5.94. The fourth-order valence-corrected chi connectivity index (χ4v) is 3.82. The molecule has 2 aromatic rings. The number of rotatable bonds is 8. The van der Waals surface area contributed by atoms with Crippen molar-refractivity contribution in [1.29, 1.82) is 0 Å². The lowest BCUT2D eigenvalue weighted by Gasteiger charge is -2.24. The van der Waals surface area contributed by atoms with Gasteiger partial charge in [0.1, 0.15) is 5.75 Å². The number of hydrogen-bond acceptors (Lipinski definition) is 6. The summed E-state index contributed by atoms with van der Waals surface area (Å²) < 4.78 is 5.16. The highest BCUT2D eigenvalue weighted by Crippen LogP contribution is 2.19. The predicted molar refractivity (Wildman–Crippen MR) is 125 cm³/mol. The van der Waals surface area contributed by atoms with Gasteiger partial charge in [-0.25, -0.2) is 0 Å². The quantitative estimate of drug-likeness (QED) is 0.450. The normalized spacial score (nSPS) is 14.4. The number of nitrogens with zero attached hydrogens (tertiary/aromatic N) is 4. The van der Waals surface area contributed by atoms with Crippen LogP contribution in [-0.4, -0.2) is 73.4 Å². The number of carbonyl (C=O) groups is 2. The zero-order chi connectivity index (χ0) is 23.8. The highest BCUT2D eigenvalue weighted by Gasteiger charge is 2.22. The molecule has 0 radical (unpaired) electrons. The van der Waals surface area contributed by atoms with Crippen LogP contribution in [0.1, 0.15) is 18.4 Å². The monoisotopic (exact) mass is 454 g/mol. The lowest BCUT2D eigenvalue weighted by molar-refractivity contribution is -0.384. The van der Waals surface area contributed by atoms with E-state index in [1.54, 1.807) is 26.3 Å². The lowest BCUT2D eigenvalue weighted by atomic mass is 10.1. The van der Waals surface area contributed by atoms with Crippen molar-refractivity contribution in [2.45, 2.75) is 19.3 Å². The first-order valence-corrected chi connectivity index (χ1v) is 11.0. The number of hydrogen-bond donors (Lipinski definition) is 0. The second kappa shape index (κ2) is 11.4. The molecule has 3 rings (SSSR count). The van der Waals surface area contributed by atoms with Gasteiger partial charge in [0, 0.05) is 57.5 Å². The summed E-state index contributed by atoms with van der Waals surface area (Å²) in [5.74, 6) is 0.830. The SMILES string of the molecule is COc1ccc(CCC(=O)N2CCCN(CC(=O)N(C)c3ccc([N+](=O)[O-])cc3)CC2)cc1. The third-order valence-electron chi connectivity index (χ3n) is 5.91. The number of amides is 2. The molecule has 0 bridgehead atoms. The van der Waals surface area contributed by atoms with Gasteiger partial charge in [0.25, 0.3) is 5.69 Å². The van der Waals surface area contributed by atoms with Crippen molar-refractivity contribution < 1.29 is 19.2 Å². The number of non-ortho nitro benzene ring substituents is 1. The lowest BCUT2D eigenvalue weighted by Crippen LogP contribution is -2.40. The minimum absolute atomic E-state index is 0.0103. The van der Waals surface area contributed by atoms with Gasteiger partial charge in [0.2, 0.25) is 11.8 Å². The average Bonchev–Trinajstić information content (AvgIpc) is 3.08. The molecule has 1 fully saturated rings. The maximum Gasteiger partial charge on any atom is 0.269 e. The van der Waals surface area contributed by atoms with Crippen molar-refractivity contribution in [3.63, 3.8) is 0 Å². The number of ether oxygens (including phenoxy) is 1. The second-order valence-electron chi connectivity index (χ2n) is 8.08. The molecule has 0 unspecified atom stereocenters. The van der Waals surface area contributed by atoms with E-state index in [1.165, 1.54) is 17.0 Å². The fraction of sp³-hybridized carbons (Fsp3) is 0.417. The summed E-state index contributed by atoms with van der Waals surface area (Å²) >= 11 is 0. The van der Waals surface area contributed by atoms with E-state index in [2.05, 4.69) is 4.90 Å². The predicted octanol–water partition coefficient (Wildman–Crippen LogP) is 2.73. The number of nitro benzene ring substituents is 1. The van der Waals surface area contributed by atoms with Crippen molar-refractivity contribution in [3.05, 3.63) is 64.2 Å². The van der Waals surface area contributed by atoms with E-state index in [-0.39, 0.29) is 24.0 Å². The number of benzene rings is 2. The smallest absolute Gasteiger partial charge is 0.269 e. The van der Waals surface area contributed by atoms with Crippen molar-refractivity contribution >= 4 is 23.2 Å². The molecule has 2 amide bonds. The molecule has 0 aromatic heterocycles. The van der Waals surface area contributed by atoms with Crippen molar-refractivity contribution in [2.75, 3.05) is 51.8 Å². The summed E-state index contributed by atoms with van der Waals surface area (Å²) in [6.45, 7) is 2.89. The summed E-state index contributed by atoms with van der Waals surface area (Å²) in [6, 6.07) is 13.7. The summed E-state index contributed by atoms with van der Waals surface area (Å²) in [4.78, 5) is 41.2. The van der Waals surface area contributed by atoms with E-state index >= 15 is 0 Å². The van der Waals surface area contributed by atoms with Gasteiger partial charge in [-0.2, -0.15) is 0 Å². The standard InChI is InChI=1S/C24H30N4O5/c1-25(20-7-9-21(10-8-20)28(31)32)24(30)18-26-14-3-15-27(17-16-26)23(29)13-6-19-4-11-22(33-2)12-5-19/h4-5,7-12H,3,6,13-18H2,1-2H3. The Morgan fingerprint density at radius 1 is 1.03 bits per heavy atom. The number of aryl methyl sites for hydroxylation is 1. The molecule has 0 N–H and O–H groups in total. The van der Waals surface area contributed by atoms with Gasteiger partial charge in [-0.05, 0) is 42.7 Å². The number of likely N-dealkylation sites (N-methyl/N-ethyl adjacent to an activating group) is 1. The van der Waals surface area contributed by atoms with Crippen molar-refractivity contribution in [1.82, 2.24) is 9.80 Å². The molecule has 2 aromatic carbocycles. The van der Waals surface area contributed by atoms with E-state index in [0.717, 1.165) is 24.3 Å². The molecule has 0 atom stereocenters. The van der Waals surface area contributed by atoms with Gasteiger partial charge in [0.05, 0.1) is 18.6 Å². The number of anilines is 1. The van der Waals surface area contributed by atoms with Crippen LogP contribution in [-0.2, 0) is 16.0 Å². The molecular formula is C24H30N4O5. The first-order chi connectivity index (χ1) is 15.9. The Balaban J connectivity index is 1.46. The molecular weight excluding hydrogens is 424 g/mol. The zero-order valence-electron chi connectivity index (χ0n) is 19.1. The van der Waals surface area contributed by atoms with Crippen LogP contribution < -0.4 is 9.64 Å². The molecule has 9 nitrogen and oxygen atoms in total. The first-order valence-electron chi connectivity index (χ1n) is 11.0. The van der Waals surface area contributed by atoms with Gasteiger partial charge < -0.3 is 14.5 Å². The topological polar surface area (TPSA) is 96.2 Å². The Bertz CT molecular complexity index is 962. The first kappa shape index (κ1) is 24.2. The fourth-order valence-electron chi connectivity index (χ4n) is 3.82. The molecule has 1 saturated heterocycles. The summed E-state index contributed by atoms with van der Waals surface area (Å²) in [5.41, 5.74) is 1.69. The molecule has 33 heavy (non-hydrogen) atoms. The van der Waals surface area contributed by atoms with E-state index in [0.29, 0.717) is 38.2 Å². The maximum atomic E-state index is 12.7. The zero-order valence-corrected chi connectivity index (χ0v) is 19.1. The van der Waals surface area contributed by atoms with Gasteiger partial charge in [-0.1, -0.05) is 12.1 Å². The van der Waals surface area contributed by atoms with E-state index < -0.39 is 4.92 Å². The molecule has 0 spiro atoms. The van der Waals surface area contributed by atoms with Crippen LogP contribution in [0.5, 0.6) is 5.75 Å². The van der Waals surface area contributed by atoms with Gasteiger partial charge in [0.15, 0.2) is 0 Å². The van der Waals surface area contributed by atoms with Crippen LogP contribution in [0.4, 0.5) is 11.4 Å². The van der Waals surface area contributed by atoms with Crippen molar-refractivity contribution in [2.24, 2.45) is 0 Å². The maximum absolute atomic E-state index is 12.7. The van der Waals surface area contributed by atoms with Crippen LogP contribution in [0.2, 0.25) is 0 Å². The van der Waals surface area contributed by atoms with Crippen LogP contribution in [0.25, 0.3) is 0 Å². The molecule has 0 saturated carbocycles. The molecule has 1 aliphatic heterocycles. The summed E-state index contributed by atoms with van der Waals surface area (Å²) in [6.07, 6.45) is 1.94. The average molecular weight is 455 g/mol. The number of nitro groups is 1. The Morgan fingerprint density at radius 3 is 2.36 bits per heavy atom. The molecule has 9 heteroatoms. The van der Waals surface area contributed by atoms with Gasteiger partial charge in [-0.15, -0.1) is 0 Å². The van der Waals surface area contributed by atoms with Gasteiger partial charge >= 0.3 is 0 Å². The van der Waals surface area contributed by atoms with Crippen LogP contribution in [0.3, 0.4) is 0 Å². The Hall–Kier alpha value is -3.46. The minimum atomic E-state index is -0.465. The Kier molecular flexibility index (Phi) is 8.37. The van der Waals surface area contributed by atoms with E-state index in [4.69, 9.17) is 4.74 Å². The summed E-state index contributed by atoms with van der Waals surface area (Å²) in [7, 11) is 3.29. The number of carbonyl (C=O) groups excluding carboxylic acids is 2. The van der Waals surface area contributed by atoms with Gasteiger partial charge in [-0.3, -0.25) is 24.6 Å². The van der Waals surface area contributed by atoms with E-state index in [1.807, 2.05) is 29.2 Å². The molecule has 1 aliphatic rings. The Labute approximate surface area is 193 Å². The van der Waals surface area contributed by atoms with Crippen LogP contribution >= 0.6 is 0 Å². The minimum Gasteiger partial charge on any atom is -0.497 e. The largest absolute Gasteiger partial charge is 0.497 e. The van der Waals surface area contributed by atoms with Crippen LogP contribution in [0.15, 0.2) is 48.5 Å². The van der Waals surface area contributed by atoms with E-state index in [9.17, 15) is 19.7 Å². The molecule has 176 valence electrons. The Morgan fingerprint density at radius 2 is 1.73 bits per heavy atom. The molecule has 0 aliphatic carbocycles. The van der Waals surface area contributed by atoms with Crippen LogP contribution in [0, 0.1) is 10.1 Å². The highest BCUT2D eigenvalue weighted by atomic mass is 16.6. The second-order valence-corrected chi connectivity index (χ2v) is 8.08. The van der Waals surface area contributed by atoms with Crippen molar-refractivity contribution in [3.8, 4) is 5.75 Å². The third kappa shape index (κ3) is 6.76.